The fourth-order valence-corrected chi connectivity index (χ4v) is 3.80. The molecular weight excluding hydrogens is 426 g/mol. The number of carbonyl (C=O) groups excluding carboxylic acids is 2. The van der Waals surface area contributed by atoms with Crippen molar-refractivity contribution in [3.63, 3.8) is 0 Å². The number of carbonyl (C=O) groups is 3. The first-order chi connectivity index (χ1) is 15.3. The van der Waals surface area contributed by atoms with Gasteiger partial charge in [0, 0.05) is 17.6 Å². The van der Waals surface area contributed by atoms with Gasteiger partial charge in [-0.2, -0.15) is 0 Å². The summed E-state index contributed by atoms with van der Waals surface area (Å²) in [7, 11) is 0. The molecule has 8 heteroatoms. The molecule has 3 aromatic rings. The molecule has 7 nitrogen and oxygen atoms in total. The monoisotopic (exact) mass is 445 g/mol. The van der Waals surface area contributed by atoms with Crippen molar-refractivity contribution in [2.24, 2.45) is 0 Å². The molecule has 0 radical (unpaired) electrons. The molecule has 1 saturated heterocycles. The van der Waals surface area contributed by atoms with Gasteiger partial charge in [-0.05, 0) is 85.7 Å². The molecule has 1 fully saturated rings. The number of carboxylic acids is 1. The largest absolute Gasteiger partial charge is 0.478 e. The fraction of sp³-hybridized carbons (Fsp3) is 0.0833. The van der Waals surface area contributed by atoms with E-state index >= 15 is 0 Å². The van der Waals surface area contributed by atoms with Gasteiger partial charge in [-0.25, -0.2) is 4.79 Å². The highest BCUT2D eigenvalue weighted by atomic mass is 32.1. The number of benzene rings is 2. The number of anilines is 1. The van der Waals surface area contributed by atoms with Gasteiger partial charge in [0.1, 0.15) is 5.57 Å². The average Bonchev–Trinajstić information content (AvgIpc) is 3.21. The van der Waals surface area contributed by atoms with Crippen molar-refractivity contribution >= 4 is 46.9 Å². The highest BCUT2D eigenvalue weighted by Gasteiger charge is 2.34. The van der Waals surface area contributed by atoms with E-state index in [0.29, 0.717) is 11.4 Å². The van der Waals surface area contributed by atoms with Crippen LogP contribution in [0, 0.1) is 13.8 Å². The predicted octanol–water partition coefficient (Wildman–Crippen LogP) is 3.62. The zero-order chi connectivity index (χ0) is 23.0. The Bertz CT molecular complexity index is 1310. The van der Waals surface area contributed by atoms with Crippen LogP contribution in [0.4, 0.5) is 5.69 Å². The van der Waals surface area contributed by atoms with Crippen LogP contribution in [-0.2, 0) is 9.59 Å². The third-order valence-corrected chi connectivity index (χ3v) is 5.67. The molecule has 32 heavy (non-hydrogen) atoms. The second kappa shape index (κ2) is 8.24. The molecule has 2 aromatic carbocycles. The van der Waals surface area contributed by atoms with E-state index in [1.807, 2.05) is 54.9 Å². The van der Waals surface area contributed by atoms with Crippen molar-refractivity contribution < 1.29 is 19.5 Å². The standard InChI is InChI=1S/C24H19N3O4S/c1-14-5-3-7-20(15(14)2)26-12-4-6-18(26)13-19-21(28)25-24(32)27(22(19)29)17-10-8-16(9-11-17)23(30)31/h3-13H,1-2H3,(H,30,31)(H,25,28,32)/b19-13+. The van der Waals surface area contributed by atoms with E-state index in [9.17, 15) is 14.4 Å². The van der Waals surface area contributed by atoms with Crippen LogP contribution in [-0.4, -0.2) is 32.6 Å². The van der Waals surface area contributed by atoms with E-state index in [1.165, 1.54) is 35.2 Å². The number of aromatic nitrogens is 1. The van der Waals surface area contributed by atoms with E-state index in [0.717, 1.165) is 16.8 Å². The molecular formula is C24H19N3O4S. The third kappa shape index (κ3) is 3.72. The van der Waals surface area contributed by atoms with Gasteiger partial charge in [-0.3, -0.25) is 19.8 Å². The number of hydrogen-bond acceptors (Lipinski definition) is 4. The smallest absolute Gasteiger partial charge is 0.335 e. The van der Waals surface area contributed by atoms with Crippen molar-refractivity contribution in [1.82, 2.24) is 9.88 Å². The maximum atomic E-state index is 13.2. The number of hydrogen-bond donors (Lipinski definition) is 2. The molecule has 0 saturated carbocycles. The zero-order valence-corrected chi connectivity index (χ0v) is 18.1. The summed E-state index contributed by atoms with van der Waals surface area (Å²) in [5.74, 6) is -2.26. The molecule has 2 amide bonds. The third-order valence-electron chi connectivity index (χ3n) is 5.38. The maximum absolute atomic E-state index is 13.2. The topological polar surface area (TPSA) is 91.6 Å². The fourth-order valence-electron chi connectivity index (χ4n) is 3.52. The molecule has 4 rings (SSSR count). The minimum absolute atomic E-state index is 0.0647. The Kier molecular flexibility index (Phi) is 5.46. The number of nitrogens with zero attached hydrogens (tertiary/aromatic N) is 2. The normalized spacial score (nSPS) is 15.2. The molecule has 1 aromatic heterocycles. The average molecular weight is 446 g/mol. The van der Waals surface area contributed by atoms with Gasteiger partial charge in [0.25, 0.3) is 11.8 Å². The molecule has 0 atom stereocenters. The molecule has 0 unspecified atom stereocenters. The Morgan fingerprint density at radius 1 is 1.03 bits per heavy atom. The number of aryl methyl sites for hydroxylation is 1. The zero-order valence-electron chi connectivity index (χ0n) is 17.3. The van der Waals surface area contributed by atoms with Gasteiger partial charge in [0.2, 0.25) is 0 Å². The lowest BCUT2D eigenvalue weighted by molar-refractivity contribution is -0.122. The van der Waals surface area contributed by atoms with Crippen molar-refractivity contribution in [2.45, 2.75) is 13.8 Å². The van der Waals surface area contributed by atoms with Crippen molar-refractivity contribution in [3.8, 4) is 5.69 Å². The molecule has 1 aliphatic heterocycles. The number of aromatic carboxylic acids is 1. The molecule has 0 bridgehead atoms. The molecule has 0 spiro atoms. The Hall–Kier alpha value is -4.04. The van der Waals surface area contributed by atoms with E-state index in [4.69, 9.17) is 17.3 Å². The van der Waals surface area contributed by atoms with E-state index in [2.05, 4.69) is 5.32 Å². The van der Waals surface area contributed by atoms with Gasteiger partial charge >= 0.3 is 5.97 Å². The summed E-state index contributed by atoms with van der Waals surface area (Å²) in [6.45, 7) is 4.04. The SMILES string of the molecule is Cc1cccc(-n2cccc2/C=C2\C(=O)NC(=S)N(c3ccc(C(=O)O)cc3)C2=O)c1C. The summed E-state index contributed by atoms with van der Waals surface area (Å²) >= 11 is 5.21. The summed E-state index contributed by atoms with van der Waals surface area (Å²) in [5, 5.41) is 11.6. The second-order valence-corrected chi connectivity index (χ2v) is 7.72. The van der Waals surface area contributed by atoms with Crippen LogP contribution in [0.3, 0.4) is 0 Å². The van der Waals surface area contributed by atoms with E-state index < -0.39 is 17.8 Å². The summed E-state index contributed by atoms with van der Waals surface area (Å²) in [4.78, 5) is 38.2. The lowest BCUT2D eigenvalue weighted by atomic mass is 10.1. The first kappa shape index (κ1) is 21.2. The van der Waals surface area contributed by atoms with Crippen LogP contribution in [0.2, 0.25) is 0 Å². The van der Waals surface area contributed by atoms with E-state index in [-0.39, 0.29) is 16.2 Å². The molecule has 2 heterocycles. The number of rotatable bonds is 4. The van der Waals surface area contributed by atoms with Crippen LogP contribution >= 0.6 is 12.2 Å². The Morgan fingerprint density at radius 2 is 1.75 bits per heavy atom. The summed E-state index contributed by atoms with van der Waals surface area (Å²) < 4.78 is 1.91. The summed E-state index contributed by atoms with van der Waals surface area (Å²) in [6.07, 6.45) is 3.40. The molecule has 160 valence electrons. The molecule has 1 aliphatic rings. The highest BCUT2D eigenvalue weighted by Crippen LogP contribution is 2.25. The van der Waals surface area contributed by atoms with Crippen LogP contribution in [0.1, 0.15) is 27.2 Å². The van der Waals surface area contributed by atoms with Crippen LogP contribution in [0.25, 0.3) is 11.8 Å². The van der Waals surface area contributed by atoms with Crippen molar-refractivity contribution in [1.29, 1.82) is 0 Å². The first-order valence-corrected chi connectivity index (χ1v) is 10.2. The van der Waals surface area contributed by atoms with Crippen LogP contribution in [0.15, 0.2) is 66.4 Å². The quantitative estimate of drug-likeness (QED) is 0.364. The summed E-state index contributed by atoms with van der Waals surface area (Å²) in [6, 6.07) is 15.3. The Morgan fingerprint density at radius 3 is 2.44 bits per heavy atom. The molecule has 0 aliphatic carbocycles. The maximum Gasteiger partial charge on any atom is 0.335 e. The minimum atomic E-state index is -1.08. The van der Waals surface area contributed by atoms with Gasteiger partial charge in [-0.15, -0.1) is 0 Å². The number of thiocarbonyl (C=S) groups is 1. The molecule has 2 N–H and O–H groups in total. The first-order valence-electron chi connectivity index (χ1n) is 9.76. The second-order valence-electron chi connectivity index (χ2n) is 7.33. The Labute approximate surface area is 189 Å². The lowest BCUT2D eigenvalue weighted by Crippen LogP contribution is -2.54. The van der Waals surface area contributed by atoms with Crippen LogP contribution < -0.4 is 10.2 Å². The van der Waals surface area contributed by atoms with Gasteiger partial charge in [0.05, 0.1) is 11.3 Å². The van der Waals surface area contributed by atoms with Crippen molar-refractivity contribution in [2.75, 3.05) is 4.90 Å². The Balaban J connectivity index is 1.74. The highest BCUT2D eigenvalue weighted by molar-refractivity contribution is 7.80. The van der Waals surface area contributed by atoms with Gasteiger partial charge < -0.3 is 9.67 Å². The van der Waals surface area contributed by atoms with Crippen molar-refractivity contribution in [3.05, 3.63) is 88.8 Å². The summed E-state index contributed by atoms with van der Waals surface area (Å²) in [5.41, 5.74) is 4.18. The van der Waals surface area contributed by atoms with Gasteiger partial charge in [0.15, 0.2) is 5.11 Å². The lowest BCUT2D eigenvalue weighted by Gasteiger charge is -2.29. The number of carboxylic acid groups (broad SMARTS) is 1. The number of amides is 2. The van der Waals surface area contributed by atoms with Gasteiger partial charge in [-0.1, -0.05) is 12.1 Å². The predicted molar refractivity (Wildman–Crippen MR) is 125 cm³/mol. The van der Waals surface area contributed by atoms with Crippen LogP contribution in [0.5, 0.6) is 0 Å². The number of nitrogens with one attached hydrogen (secondary N) is 1. The minimum Gasteiger partial charge on any atom is -0.478 e. The van der Waals surface area contributed by atoms with E-state index in [1.54, 1.807) is 0 Å².